The molecule has 1 aliphatic rings. The van der Waals surface area contributed by atoms with E-state index < -0.39 is 0 Å². The van der Waals surface area contributed by atoms with E-state index in [9.17, 15) is 0 Å². The lowest BCUT2D eigenvalue weighted by Crippen LogP contribution is -2.35. The number of hydrogen-bond acceptors (Lipinski definition) is 4. The summed E-state index contributed by atoms with van der Waals surface area (Å²) in [5.41, 5.74) is 4.26. The summed E-state index contributed by atoms with van der Waals surface area (Å²) >= 11 is 0. The highest BCUT2D eigenvalue weighted by Gasteiger charge is 2.23. The van der Waals surface area contributed by atoms with Crippen molar-refractivity contribution in [3.05, 3.63) is 36.2 Å². The lowest BCUT2D eigenvalue weighted by molar-refractivity contribution is 0.144. The van der Waals surface area contributed by atoms with Crippen LogP contribution in [0, 0.1) is 0 Å². The highest BCUT2D eigenvalue weighted by Crippen LogP contribution is 2.34. The lowest BCUT2D eigenvalue weighted by Gasteiger charge is -2.29. The molecular weight excluding hydrogens is 324 g/mol. The fourth-order valence-electron chi connectivity index (χ4n) is 3.84. The second-order valence-electron chi connectivity index (χ2n) is 6.98. The van der Waals surface area contributed by atoms with E-state index in [0.717, 1.165) is 41.9 Å². The number of aromatic amines is 1. The number of rotatable bonds is 8. The Hall–Kier alpha value is -1.98. The van der Waals surface area contributed by atoms with E-state index in [1.54, 1.807) is 13.3 Å². The van der Waals surface area contributed by atoms with Crippen LogP contribution < -0.4 is 5.32 Å². The summed E-state index contributed by atoms with van der Waals surface area (Å²) in [5.74, 6) is 0.590. The number of nitrogens with zero attached hydrogens (tertiary/aromatic N) is 2. The maximum Gasteiger partial charge on any atom is 0.137 e. The normalized spacial score (nSPS) is 20.8. The van der Waals surface area contributed by atoms with Crippen LogP contribution in [0.4, 0.5) is 0 Å². The topological polar surface area (TPSA) is 62.3 Å². The molecule has 0 spiro atoms. The lowest BCUT2D eigenvalue weighted by atomic mass is 9.82. The highest BCUT2D eigenvalue weighted by atomic mass is 16.5. The van der Waals surface area contributed by atoms with Crippen molar-refractivity contribution in [3.8, 4) is 0 Å². The maximum absolute atomic E-state index is 5.41. The van der Waals surface area contributed by atoms with Crippen LogP contribution in [-0.2, 0) is 4.74 Å². The number of fused-ring (bicyclic) bond motifs is 1. The first-order valence-corrected chi connectivity index (χ1v) is 9.62. The van der Waals surface area contributed by atoms with Crippen molar-refractivity contribution in [1.82, 2.24) is 15.3 Å². The van der Waals surface area contributed by atoms with Crippen LogP contribution >= 0.6 is 0 Å². The van der Waals surface area contributed by atoms with Gasteiger partial charge in [0.1, 0.15) is 5.65 Å². The predicted octanol–water partition coefficient (Wildman–Crippen LogP) is 3.93. The van der Waals surface area contributed by atoms with Crippen LogP contribution in [0.1, 0.15) is 49.7 Å². The van der Waals surface area contributed by atoms with E-state index in [1.807, 2.05) is 19.3 Å². The van der Waals surface area contributed by atoms with Crippen molar-refractivity contribution < 1.29 is 4.74 Å². The molecule has 0 radical (unpaired) electrons. The van der Waals surface area contributed by atoms with Crippen LogP contribution in [0.3, 0.4) is 0 Å². The number of ether oxygens (including phenoxy) is 1. The molecule has 0 bridgehead atoms. The summed E-state index contributed by atoms with van der Waals surface area (Å²) < 4.78 is 5.41. The number of nitrogens with one attached hydrogen (secondary N) is 2. The third-order valence-corrected chi connectivity index (χ3v) is 5.27. The molecule has 2 aromatic heterocycles. The number of aromatic nitrogens is 2. The monoisotopic (exact) mass is 354 g/mol. The van der Waals surface area contributed by atoms with E-state index in [1.165, 1.54) is 31.2 Å². The predicted molar refractivity (Wildman–Crippen MR) is 109 cm³/mol. The van der Waals surface area contributed by atoms with Gasteiger partial charge in [-0.2, -0.15) is 0 Å². The van der Waals surface area contributed by atoms with Crippen molar-refractivity contribution in [1.29, 1.82) is 0 Å². The van der Waals surface area contributed by atoms with Crippen LogP contribution in [0.5, 0.6) is 0 Å². The largest absolute Gasteiger partial charge is 0.380 e. The highest BCUT2D eigenvalue weighted by molar-refractivity contribution is 6.13. The SMILES string of the molecule is C=C(C=NC)c1c[nH]c2ncc(C3CCC(NCCOCC)CC3)cc12. The number of aliphatic imine (C=N–C) groups is 1. The minimum absolute atomic E-state index is 0.590. The number of hydrogen-bond donors (Lipinski definition) is 2. The first kappa shape index (κ1) is 18.8. The van der Waals surface area contributed by atoms with Gasteiger partial charge in [0, 0.05) is 55.8 Å². The minimum Gasteiger partial charge on any atom is -0.380 e. The molecule has 5 heteroatoms. The molecule has 1 saturated carbocycles. The molecular formula is C21H30N4O. The zero-order valence-electron chi connectivity index (χ0n) is 15.9. The van der Waals surface area contributed by atoms with Gasteiger partial charge < -0.3 is 15.0 Å². The molecule has 0 unspecified atom stereocenters. The molecule has 140 valence electrons. The molecule has 26 heavy (non-hydrogen) atoms. The van der Waals surface area contributed by atoms with Gasteiger partial charge in [-0.3, -0.25) is 4.99 Å². The molecule has 0 aliphatic heterocycles. The molecule has 0 atom stereocenters. The van der Waals surface area contributed by atoms with Crippen molar-refractivity contribution in [3.63, 3.8) is 0 Å². The van der Waals surface area contributed by atoms with E-state index in [-0.39, 0.29) is 0 Å². The number of pyridine rings is 1. The second kappa shape index (κ2) is 9.10. The number of allylic oxidation sites excluding steroid dienone is 1. The van der Waals surface area contributed by atoms with E-state index in [4.69, 9.17) is 4.74 Å². The van der Waals surface area contributed by atoms with Crippen LogP contribution in [0.25, 0.3) is 16.6 Å². The fourth-order valence-corrected chi connectivity index (χ4v) is 3.84. The Morgan fingerprint density at radius 2 is 2.23 bits per heavy atom. The molecule has 5 nitrogen and oxygen atoms in total. The Kier molecular flexibility index (Phi) is 6.58. The van der Waals surface area contributed by atoms with E-state index in [0.29, 0.717) is 12.0 Å². The number of H-pyrrole nitrogens is 1. The standard InChI is InChI=1S/C21H30N4O/c1-4-26-10-9-23-18-7-5-16(6-8-18)17-11-19-20(15(2)12-22-3)14-25-21(19)24-13-17/h11-14,16,18,23H,2,4-10H2,1,3H3,(H,24,25). The molecule has 2 N–H and O–H groups in total. The molecule has 0 aromatic carbocycles. The van der Waals surface area contributed by atoms with Crippen molar-refractivity contribution in [2.75, 3.05) is 26.8 Å². The fraction of sp³-hybridized carbons (Fsp3) is 0.524. The van der Waals surface area contributed by atoms with Crippen molar-refractivity contribution >= 4 is 22.8 Å². The summed E-state index contributed by atoms with van der Waals surface area (Å²) in [4.78, 5) is 12.0. The Morgan fingerprint density at radius 1 is 1.42 bits per heavy atom. The molecule has 1 fully saturated rings. The van der Waals surface area contributed by atoms with Gasteiger partial charge in [0.25, 0.3) is 0 Å². The summed E-state index contributed by atoms with van der Waals surface area (Å²) in [7, 11) is 1.77. The second-order valence-corrected chi connectivity index (χ2v) is 6.98. The van der Waals surface area contributed by atoms with Gasteiger partial charge in [0.05, 0.1) is 6.61 Å². The molecule has 1 aliphatic carbocycles. The smallest absolute Gasteiger partial charge is 0.137 e. The molecule has 0 saturated heterocycles. The average Bonchev–Trinajstić information content (AvgIpc) is 3.09. The summed E-state index contributed by atoms with van der Waals surface area (Å²) in [5, 5.41) is 4.76. The quantitative estimate of drug-likeness (QED) is 0.558. The van der Waals surface area contributed by atoms with E-state index in [2.05, 4.69) is 32.9 Å². The van der Waals surface area contributed by atoms with Gasteiger partial charge in [-0.05, 0) is 55.7 Å². The van der Waals surface area contributed by atoms with Gasteiger partial charge in [0.2, 0.25) is 0 Å². The van der Waals surface area contributed by atoms with Gasteiger partial charge >= 0.3 is 0 Å². The van der Waals surface area contributed by atoms with E-state index >= 15 is 0 Å². The van der Waals surface area contributed by atoms with Gasteiger partial charge in [0.15, 0.2) is 0 Å². The Balaban J connectivity index is 1.64. The molecule has 0 amide bonds. The third kappa shape index (κ3) is 4.40. The Labute approximate surface area is 156 Å². The van der Waals surface area contributed by atoms with Crippen molar-refractivity contribution in [2.24, 2.45) is 4.99 Å². The minimum atomic E-state index is 0.590. The molecule has 2 aromatic rings. The Bertz CT molecular complexity index is 756. The van der Waals surface area contributed by atoms with Gasteiger partial charge in [-0.15, -0.1) is 0 Å². The first-order valence-electron chi connectivity index (χ1n) is 9.62. The zero-order valence-corrected chi connectivity index (χ0v) is 15.9. The Morgan fingerprint density at radius 3 is 2.96 bits per heavy atom. The van der Waals surface area contributed by atoms with Crippen LogP contribution in [0.15, 0.2) is 30.0 Å². The van der Waals surface area contributed by atoms with Gasteiger partial charge in [-0.25, -0.2) is 4.98 Å². The molecule has 3 rings (SSSR count). The first-order chi connectivity index (χ1) is 12.7. The van der Waals surface area contributed by atoms with Crippen LogP contribution in [-0.4, -0.2) is 49.0 Å². The van der Waals surface area contributed by atoms with Crippen LogP contribution in [0.2, 0.25) is 0 Å². The maximum atomic E-state index is 5.41. The van der Waals surface area contributed by atoms with Crippen molar-refractivity contribution in [2.45, 2.75) is 44.6 Å². The summed E-state index contributed by atoms with van der Waals surface area (Å²) in [6.07, 6.45) is 10.6. The molecule has 2 heterocycles. The zero-order chi connectivity index (χ0) is 18.4. The van der Waals surface area contributed by atoms with Gasteiger partial charge in [-0.1, -0.05) is 6.58 Å². The average molecular weight is 354 g/mol. The summed E-state index contributed by atoms with van der Waals surface area (Å²) in [6, 6.07) is 2.91. The summed E-state index contributed by atoms with van der Waals surface area (Å²) in [6.45, 7) is 8.70. The third-order valence-electron chi connectivity index (χ3n) is 5.27.